The van der Waals surface area contributed by atoms with Gasteiger partial charge in [-0.3, -0.25) is 4.72 Å². The number of hydrogen-bond donors (Lipinski definition) is 2. The van der Waals surface area contributed by atoms with Gasteiger partial charge in [0, 0.05) is 6.20 Å². The number of aromatic nitrogens is 1. The third-order valence-corrected chi connectivity index (χ3v) is 4.32. The van der Waals surface area contributed by atoms with Crippen LogP contribution in [-0.4, -0.2) is 13.4 Å². The van der Waals surface area contributed by atoms with Crippen molar-refractivity contribution in [1.82, 2.24) is 4.98 Å². The van der Waals surface area contributed by atoms with Crippen LogP contribution >= 0.6 is 15.9 Å². The second-order valence-corrected chi connectivity index (χ2v) is 6.03. The highest BCUT2D eigenvalue weighted by Gasteiger charge is 2.19. The predicted molar refractivity (Wildman–Crippen MR) is 73.6 cm³/mol. The van der Waals surface area contributed by atoms with Crippen LogP contribution in [0.5, 0.6) is 0 Å². The molecular formula is C11H9BrFN3O2S. The maximum atomic E-state index is 13.1. The van der Waals surface area contributed by atoms with E-state index < -0.39 is 15.8 Å². The van der Waals surface area contributed by atoms with Gasteiger partial charge in [0.2, 0.25) is 0 Å². The second-order valence-electron chi connectivity index (χ2n) is 3.63. The number of pyridine rings is 1. The van der Waals surface area contributed by atoms with E-state index >= 15 is 0 Å². The van der Waals surface area contributed by atoms with Crippen molar-refractivity contribution < 1.29 is 12.8 Å². The third kappa shape index (κ3) is 3.02. The van der Waals surface area contributed by atoms with Crippen molar-refractivity contribution >= 4 is 37.3 Å². The molecule has 0 aliphatic rings. The fourth-order valence-electron chi connectivity index (χ4n) is 1.40. The molecule has 3 N–H and O–H groups in total. The molecule has 0 aliphatic carbocycles. The minimum atomic E-state index is -3.97. The lowest BCUT2D eigenvalue weighted by atomic mass is 10.3. The van der Waals surface area contributed by atoms with Gasteiger partial charge in [-0.15, -0.1) is 0 Å². The smallest absolute Gasteiger partial charge is 0.264 e. The molecule has 0 spiro atoms. The Bertz CT molecular complexity index is 722. The van der Waals surface area contributed by atoms with E-state index in [0.717, 1.165) is 12.1 Å². The Morgan fingerprint density at radius 2 is 2.05 bits per heavy atom. The number of anilines is 2. The molecule has 1 aromatic carbocycles. The first-order chi connectivity index (χ1) is 8.90. The van der Waals surface area contributed by atoms with Gasteiger partial charge in [-0.2, -0.15) is 0 Å². The Morgan fingerprint density at radius 1 is 1.32 bits per heavy atom. The molecule has 100 valence electrons. The summed E-state index contributed by atoms with van der Waals surface area (Å²) in [5.74, 6) is -0.681. The van der Waals surface area contributed by atoms with Crippen LogP contribution in [0.1, 0.15) is 0 Å². The highest BCUT2D eigenvalue weighted by molar-refractivity contribution is 9.10. The highest BCUT2D eigenvalue weighted by atomic mass is 79.9. The van der Waals surface area contributed by atoms with Gasteiger partial charge >= 0.3 is 0 Å². The van der Waals surface area contributed by atoms with Crippen molar-refractivity contribution in [2.75, 3.05) is 10.5 Å². The molecule has 0 radical (unpaired) electrons. The van der Waals surface area contributed by atoms with Crippen molar-refractivity contribution in [3.8, 4) is 0 Å². The number of nitrogens with zero attached hydrogens (tertiary/aromatic N) is 1. The van der Waals surface area contributed by atoms with Gasteiger partial charge in [0.25, 0.3) is 10.0 Å². The zero-order valence-electron chi connectivity index (χ0n) is 9.47. The van der Waals surface area contributed by atoms with Crippen LogP contribution in [0.4, 0.5) is 15.8 Å². The van der Waals surface area contributed by atoms with Crippen LogP contribution in [0.25, 0.3) is 0 Å². The first kappa shape index (κ1) is 13.8. The molecule has 1 heterocycles. The lowest BCUT2D eigenvalue weighted by Crippen LogP contribution is -2.15. The summed E-state index contributed by atoms with van der Waals surface area (Å²) in [6, 6.07) is 6.24. The van der Waals surface area contributed by atoms with Crippen molar-refractivity contribution in [3.05, 3.63) is 46.9 Å². The summed E-state index contributed by atoms with van der Waals surface area (Å²) in [5.41, 5.74) is 5.76. The minimum Gasteiger partial charge on any atom is -0.398 e. The van der Waals surface area contributed by atoms with E-state index in [2.05, 4.69) is 25.6 Å². The third-order valence-electron chi connectivity index (χ3n) is 2.27. The van der Waals surface area contributed by atoms with Crippen LogP contribution in [-0.2, 0) is 10.0 Å². The van der Waals surface area contributed by atoms with Crippen LogP contribution in [0.2, 0.25) is 0 Å². The van der Waals surface area contributed by atoms with Gasteiger partial charge < -0.3 is 5.73 Å². The van der Waals surface area contributed by atoms with E-state index in [0.29, 0.717) is 4.60 Å². The molecule has 19 heavy (non-hydrogen) atoms. The second kappa shape index (κ2) is 5.14. The number of halogens is 2. The van der Waals surface area contributed by atoms with E-state index in [1.807, 2.05) is 0 Å². The summed E-state index contributed by atoms with van der Waals surface area (Å²) < 4.78 is 40.0. The Balaban J connectivity index is 2.44. The topological polar surface area (TPSA) is 85.1 Å². The van der Waals surface area contributed by atoms with Crippen LogP contribution in [0, 0.1) is 5.82 Å². The molecule has 5 nitrogen and oxygen atoms in total. The monoisotopic (exact) mass is 345 g/mol. The normalized spacial score (nSPS) is 11.3. The van der Waals surface area contributed by atoms with Crippen molar-refractivity contribution in [3.63, 3.8) is 0 Å². The number of rotatable bonds is 3. The zero-order valence-corrected chi connectivity index (χ0v) is 11.9. The van der Waals surface area contributed by atoms with Gasteiger partial charge in [0.1, 0.15) is 15.3 Å². The van der Waals surface area contributed by atoms with E-state index in [9.17, 15) is 12.8 Å². The Hall–Kier alpha value is -1.67. The number of sulfonamides is 1. The van der Waals surface area contributed by atoms with Gasteiger partial charge in [-0.25, -0.2) is 17.8 Å². The molecular weight excluding hydrogens is 337 g/mol. The molecule has 2 aromatic rings. The molecule has 1 aromatic heterocycles. The van der Waals surface area contributed by atoms with Crippen molar-refractivity contribution in [2.24, 2.45) is 0 Å². The minimum absolute atomic E-state index is 0.0334. The summed E-state index contributed by atoms with van der Waals surface area (Å²) in [4.78, 5) is 3.56. The molecule has 0 atom stereocenters. The lowest BCUT2D eigenvalue weighted by Gasteiger charge is -2.10. The first-order valence-corrected chi connectivity index (χ1v) is 7.36. The highest BCUT2D eigenvalue weighted by Crippen LogP contribution is 2.25. The molecule has 0 aliphatic heterocycles. The number of hydrogen-bond acceptors (Lipinski definition) is 4. The SMILES string of the molecule is Nc1ccc(F)cc1S(=O)(=O)Nc1cccnc1Br. The standard InChI is InChI=1S/C11H9BrFN3O2S/c12-11-9(2-1-5-15-11)16-19(17,18)10-6-7(13)3-4-8(10)14/h1-6,16H,14H2. The largest absolute Gasteiger partial charge is 0.398 e. The van der Waals surface area contributed by atoms with E-state index in [1.54, 1.807) is 6.07 Å². The number of benzene rings is 1. The van der Waals surface area contributed by atoms with Crippen molar-refractivity contribution in [2.45, 2.75) is 4.90 Å². The molecule has 0 unspecified atom stereocenters. The molecule has 8 heteroatoms. The van der Waals surface area contributed by atoms with Crippen LogP contribution in [0.3, 0.4) is 0 Å². The molecule has 0 bridgehead atoms. The fourth-order valence-corrected chi connectivity index (χ4v) is 3.09. The Labute approximate surface area is 117 Å². The van der Waals surface area contributed by atoms with E-state index in [-0.39, 0.29) is 16.3 Å². The maximum Gasteiger partial charge on any atom is 0.264 e. The quantitative estimate of drug-likeness (QED) is 0.660. The zero-order chi connectivity index (χ0) is 14.0. The van der Waals surface area contributed by atoms with Gasteiger partial charge in [0.15, 0.2) is 0 Å². The van der Waals surface area contributed by atoms with Gasteiger partial charge in [-0.1, -0.05) is 0 Å². The average molecular weight is 346 g/mol. The average Bonchev–Trinajstić information content (AvgIpc) is 2.35. The van der Waals surface area contributed by atoms with Crippen molar-refractivity contribution in [1.29, 1.82) is 0 Å². The number of nitrogen functional groups attached to an aromatic ring is 1. The summed E-state index contributed by atoms with van der Waals surface area (Å²) in [5, 5.41) is 0. The Morgan fingerprint density at radius 3 is 2.74 bits per heavy atom. The molecule has 0 saturated carbocycles. The summed E-state index contributed by atoms with van der Waals surface area (Å²) in [6.07, 6.45) is 1.50. The fraction of sp³-hybridized carbons (Fsp3) is 0. The first-order valence-electron chi connectivity index (χ1n) is 5.08. The van der Waals surface area contributed by atoms with Crippen LogP contribution < -0.4 is 10.5 Å². The van der Waals surface area contributed by atoms with Crippen LogP contribution in [0.15, 0.2) is 46.0 Å². The lowest BCUT2D eigenvalue weighted by molar-refractivity contribution is 0.596. The van der Waals surface area contributed by atoms with Gasteiger partial charge in [0.05, 0.1) is 11.4 Å². The molecule has 0 fully saturated rings. The predicted octanol–water partition coefficient (Wildman–Crippen LogP) is 2.37. The number of nitrogens with one attached hydrogen (secondary N) is 1. The van der Waals surface area contributed by atoms with E-state index in [1.165, 1.54) is 18.3 Å². The Kier molecular flexibility index (Phi) is 3.72. The van der Waals surface area contributed by atoms with Gasteiger partial charge in [-0.05, 0) is 46.3 Å². The summed E-state index contributed by atoms with van der Waals surface area (Å²) in [6.45, 7) is 0. The summed E-state index contributed by atoms with van der Waals surface area (Å²) in [7, 11) is -3.97. The maximum absolute atomic E-state index is 13.1. The molecule has 0 saturated heterocycles. The summed E-state index contributed by atoms with van der Waals surface area (Å²) >= 11 is 3.11. The number of nitrogens with two attached hydrogens (primary N) is 1. The van der Waals surface area contributed by atoms with E-state index in [4.69, 9.17) is 5.73 Å². The molecule has 2 rings (SSSR count). The molecule has 0 amide bonds.